The van der Waals surface area contributed by atoms with Gasteiger partial charge < -0.3 is 41.0 Å². The van der Waals surface area contributed by atoms with Gasteiger partial charge in [0.05, 0.1) is 46.8 Å². The molecule has 15 heteroatoms. The number of hydrogen-bond acceptors (Lipinski definition) is 10. The van der Waals surface area contributed by atoms with E-state index in [1.165, 1.54) is 24.3 Å². The van der Waals surface area contributed by atoms with Gasteiger partial charge in [0.25, 0.3) is 0 Å². The Morgan fingerprint density at radius 1 is 1.30 bits per heavy atom. The minimum atomic E-state index is -4.85. The van der Waals surface area contributed by atoms with E-state index in [-0.39, 0.29) is 30.3 Å². The molecule has 2 atom stereocenters. The number of amides is 1. The van der Waals surface area contributed by atoms with Crippen molar-refractivity contribution in [1.29, 1.82) is 0 Å². The van der Waals surface area contributed by atoms with E-state index < -0.39 is 35.9 Å². The maximum absolute atomic E-state index is 12.6. The Morgan fingerprint density at radius 2 is 2.05 bits per heavy atom. The average Bonchev–Trinajstić information content (AvgIpc) is 3.32. The molecule has 37 heavy (non-hydrogen) atoms. The molecule has 3 aromatic rings. The first-order valence-electron chi connectivity index (χ1n) is 10.8. The number of aliphatic hydroxyl groups is 1. The van der Waals surface area contributed by atoms with Crippen LogP contribution in [0.5, 0.6) is 5.75 Å². The van der Waals surface area contributed by atoms with E-state index in [1.54, 1.807) is 18.0 Å². The third-order valence-electron chi connectivity index (χ3n) is 5.61. The lowest BCUT2D eigenvalue weighted by Crippen LogP contribution is -2.65. The molecule has 1 aliphatic rings. The van der Waals surface area contributed by atoms with Gasteiger partial charge in [0.15, 0.2) is 5.13 Å². The smallest absolute Gasteiger partial charge is 0.478 e. The van der Waals surface area contributed by atoms with Crippen molar-refractivity contribution in [3.63, 3.8) is 0 Å². The number of aromatic carboxylic acids is 1. The van der Waals surface area contributed by atoms with E-state index in [1.807, 2.05) is 0 Å². The summed E-state index contributed by atoms with van der Waals surface area (Å²) in [5.74, 6) is -3.72. The zero-order chi connectivity index (χ0) is 27.0. The molecule has 0 saturated carbocycles. The number of hydrogen-bond donors (Lipinski definition) is 5. The number of benzene rings is 2. The van der Waals surface area contributed by atoms with Crippen molar-refractivity contribution in [3.8, 4) is 5.75 Å². The van der Waals surface area contributed by atoms with Crippen molar-refractivity contribution in [1.82, 2.24) is 4.98 Å². The van der Waals surface area contributed by atoms with Gasteiger partial charge in [0.2, 0.25) is 11.7 Å². The van der Waals surface area contributed by atoms with Gasteiger partial charge in [-0.15, -0.1) is 13.2 Å². The van der Waals surface area contributed by atoms with E-state index in [2.05, 4.69) is 20.4 Å². The normalized spacial score (nSPS) is 17.8. The highest BCUT2D eigenvalue weighted by molar-refractivity contribution is 7.22. The van der Waals surface area contributed by atoms with Crippen molar-refractivity contribution >= 4 is 49.9 Å². The second-order valence-corrected chi connectivity index (χ2v) is 9.09. The van der Waals surface area contributed by atoms with E-state index in [0.29, 0.717) is 21.6 Å². The van der Waals surface area contributed by atoms with Crippen molar-refractivity contribution in [2.45, 2.75) is 24.7 Å². The molecule has 6 N–H and O–H groups in total. The van der Waals surface area contributed by atoms with Gasteiger partial charge in [-0.2, -0.15) is 0 Å². The lowest BCUT2D eigenvalue weighted by Gasteiger charge is -2.43. The summed E-state index contributed by atoms with van der Waals surface area (Å²) in [7, 11) is 1.66. The number of ether oxygens (including phenoxy) is 2. The molecule has 4 rings (SSSR count). The Balaban J connectivity index is 1.76. The SMILES string of the molecule is CN1c2ccc(C(=O)O)cc2NC1(Nc1nc2ccc(OC(F)(F)F)cc2s1)C(CC(N)=O)OCCO. The van der Waals surface area contributed by atoms with Gasteiger partial charge in [-0.3, -0.25) is 4.79 Å². The van der Waals surface area contributed by atoms with Gasteiger partial charge in [-0.05, 0) is 30.3 Å². The number of halogens is 3. The molecule has 1 aromatic heterocycles. The minimum Gasteiger partial charge on any atom is -0.478 e. The van der Waals surface area contributed by atoms with Crippen LogP contribution in [0.4, 0.5) is 29.7 Å². The second-order valence-electron chi connectivity index (χ2n) is 8.06. The van der Waals surface area contributed by atoms with Crippen LogP contribution >= 0.6 is 11.3 Å². The van der Waals surface area contributed by atoms with Crippen LogP contribution in [-0.4, -0.2) is 65.6 Å². The highest BCUT2D eigenvalue weighted by atomic mass is 32.1. The Hall–Kier alpha value is -3.82. The molecule has 0 bridgehead atoms. The number of aromatic nitrogens is 1. The number of thiazole rings is 1. The number of likely N-dealkylation sites (N-methyl/N-ethyl adjacent to an activating group) is 1. The zero-order valence-electron chi connectivity index (χ0n) is 19.2. The summed E-state index contributed by atoms with van der Waals surface area (Å²) in [4.78, 5) is 29.6. The number of carbonyl (C=O) groups is 2. The van der Waals surface area contributed by atoms with Gasteiger partial charge in [-0.1, -0.05) is 11.3 Å². The lowest BCUT2D eigenvalue weighted by molar-refractivity contribution is -0.274. The first kappa shape index (κ1) is 26.2. The molecule has 0 aliphatic carbocycles. The highest BCUT2D eigenvalue weighted by Crippen LogP contribution is 2.44. The number of primary amides is 1. The number of aliphatic hydroxyl groups excluding tert-OH is 1. The lowest BCUT2D eigenvalue weighted by atomic mass is 10.1. The van der Waals surface area contributed by atoms with Crippen LogP contribution in [0.2, 0.25) is 0 Å². The van der Waals surface area contributed by atoms with Gasteiger partial charge >= 0.3 is 12.3 Å². The monoisotopic (exact) mass is 541 g/mol. The molecular formula is C22H22F3N5O6S. The number of carboxylic acids is 1. The van der Waals surface area contributed by atoms with Crippen molar-refractivity contribution in [2.75, 3.05) is 35.8 Å². The Kier molecular flexibility index (Phi) is 7.03. The van der Waals surface area contributed by atoms with Gasteiger partial charge in [0.1, 0.15) is 11.9 Å². The first-order chi connectivity index (χ1) is 17.4. The summed E-state index contributed by atoms with van der Waals surface area (Å²) in [6.45, 7) is -0.500. The molecule has 0 radical (unpaired) electrons. The summed E-state index contributed by atoms with van der Waals surface area (Å²) in [6.07, 6.45) is -6.19. The third-order valence-corrected chi connectivity index (χ3v) is 6.55. The van der Waals surface area contributed by atoms with Crippen molar-refractivity contribution in [2.24, 2.45) is 5.73 Å². The number of rotatable bonds is 10. The molecule has 1 aliphatic heterocycles. The summed E-state index contributed by atoms with van der Waals surface area (Å²) in [6, 6.07) is 8.09. The fourth-order valence-corrected chi connectivity index (χ4v) is 5.01. The Bertz CT molecular complexity index is 1340. The molecule has 2 heterocycles. The summed E-state index contributed by atoms with van der Waals surface area (Å²) >= 11 is 1.02. The van der Waals surface area contributed by atoms with E-state index in [0.717, 1.165) is 17.4 Å². The largest absolute Gasteiger partial charge is 0.573 e. The first-order valence-corrected chi connectivity index (χ1v) is 11.6. The number of nitrogens with one attached hydrogen (secondary N) is 2. The predicted molar refractivity (Wildman–Crippen MR) is 129 cm³/mol. The second kappa shape index (κ2) is 9.91. The van der Waals surface area contributed by atoms with Crippen molar-refractivity contribution < 1.29 is 42.4 Å². The predicted octanol–water partition coefficient (Wildman–Crippen LogP) is 2.77. The molecular weight excluding hydrogens is 519 g/mol. The van der Waals surface area contributed by atoms with E-state index in [9.17, 15) is 33.0 Å². The molecule has 1 amide bonds. The van der Waals surface area contributed by atoms with Crippen molar-refractivity contribution in [3.05, 3.63) is 42.0 Å². The fourth-order valence-electron chi connectivity index (χ4n) is 4.06. The molecule has 2 unspecified atom stereocenters. The van der Waals surface area contributed by atoms with Crippen LogP contribution in [0.15, 0.2) is 36.4 Å². The molecule has 0 fully saturated rings. The third kappa shape index (κ3) is 5.47. The molecule has 11 nitrogen and oxygen atoms in total. The van der Waals surface area contributed by atoms with Crippen LogP contribution in [0.25, 0.3) is 10.2 Å². The number of fused-ring (bicyclic) bond motifs is 2. The number of carbonyl (C=O) groups excluding carboxylic acids is 1. The topological polar surface area (TPSA) is 159 Å². The summed E-state index contributed by atoms with van der Waals surface area (Å²) < 4.78 is 48.1. The summed E-state index contributed by atoms with van der Waals surface area (Å²) in [5.41, 5.74) is 6.82. The Morgan fingerprint density at radius 3 is 2.70 bits per heavy atom. The van der Waals surface area contributed by atoms with E-state index >= 15 is 0 Å². The summed E-state index contributed by atoms with van der Waals surface area (Å²) in [5, 5.41) is 25.3. The molecule has 0 spiro atoms. The quantitative estimate of drug-likeness (QED) is 0.258. The standard InChI is InChI=1S/C22H22F3N5O6S/c1-30-15-5-2-11(19(33)34)8-14(15)28-21(30,17(10-18(26)32)35-7-6-31)29-20-27-13-4-3-12(9-16(13)37-20)36-22(23,24)25/h2-5,8-9,17,28,31H,6-7,10H2,1H3,(H2,26,32)(H,27,29)(H,33,34). The average molecular weight is 542 g/mol. The van der Waals surface area contributed by atoms with E-state index in [4.69, 9.17) is 10.5 Å². The number of nitrogens with two attached hydrogens (primary N) is 1. The van der Waals surface area contributed by atoms with Crippen LogP contribution < -0.4 is 26.0 Å². The molecule has 0 saturated heterocycles. The fraction of sp³-hybridized carbons (Fsp3) is 0.318. The minimum absolute atomic E-state index is 0.00959. The van der Waals surface area contributed by atoms with Crippen LogP contribution in [0, 0.1) is 0 Å². The van der Waals surface area contributed by atoms with Crippen LogP contribution in [0.3, 0.4) is 0 Å². The number of anilines is 3. The highest BCUT2D eigenvalue weighted by Gasteiger charge is 2.50. The zero-order valence-corrected chi connectivity index (χ0v) is 20.0. The van der Waals surface area contributed by atoms with Gasteiger partial charge in [0, 0.05) is 13.1 Å². The number of nitrogens with zero attached hydrogens (tertiary/aromatic N) is 2. The maximum Gasteiger partial charge on any atom is 0.573 e. The van der Waals surface area contributed by atoms with Crippen LogP contribution in [-0.2, 0) is 9.53 Å². The maximum atomic E-state index is 12.6. The number of carboxylic acid groups (broad SMARTS) is 1. The molecule has 198 valence electrons. The number of alkyl halides is 3. The Labute approximate surface area is 211 Å². The molecule has 2 aromatic carbocycles. The van der Waals surface area contributed by atoms with Gasteiger partial charge in [-0.25, -0.2) is 9.78 Å². The van der Waals surface area contributed by atoms with Crippen LogP contribution in [0.1, 0.15) is 16.8 Å².